The highest BCUT2D eigenvalue weighted by molar-refractivity contribution is 6.34. The normalized spacial score (nSPS) is 12.8. The molecule has 0 N–H and O–H groups in total. The largest absolute Gasteiger partial charge is 0.370 e. The lowest BCUT2D eigenvalue weighted by molar-refractivity contribution is 0.0279. The van der Waals surface area contributed by atoms with Crippen LogP contribution in [-0.4, -0.2) is 18.5 Å². The van der Waals surface area contributed by atoms with Crippen LogP contribution in [0, 0.1) is 11.7 Å². The van der Waals surface area contributed by atoms with E-state index >= 15 is 0 Å². The first-order valence-electron chi connectivity index (χ1n) is 5.58. The fraction of sp³-hybridized carbons (Fsp3) is 0.462. The van der Waals surface area contributed by atoms with Crippen molar-refractivity contribution in [3.8, 4) is 0 Å². The molecule has 1 aromatic rings. The summed E-state index contributed by atoms with van der Waals surface area (Å²) in [7, 11) is 0. The highest BCUT2D eigenvalue weighted by Gasteiger charge is 2.25. The third-order valence-corrected chi connectivity index (χ3v) is 2.73. The third kappa shape index (κ3) is 3.51. The van der Waals surface area contributed by atoms with Gasteiger partial charge in [-0.1, -0.05) is 25.4 Å². The van der Waals surface area contributed by atoms with E-state index in [9.17, 15) is 9.18 Å². The Labute approximate surface area is 106 Å². The van der Waals surface area contributed by atoms with E-state index in [-0.39, 0.29) is 22.3 Å². The second-order valence-electron chi connectivity index (χ2n) is 4.11. The van der Waals surface area contributed by atoms with E-state index in [2.05, 4.69) is 0 Å². The predicted molar refractivity (Wildman–Crippen MR) is 66.0 cm³/mol. The minimum Gasteiger partial charge on any atom is -0.370 e. The van der Waals surface area contributed by atoms with E-state index in [0.717, 1.165) is 6.07 Å². The molecule has 1 aromatic carbocycles. The molecule has 0 bridgehead atoms. The Morgan fingerprint density at radius 1 is 1.47 bits per heavy atom. The molecule has 0 aliphatic rings. The van der Waals surface area contributed by atoms with Crippen molar-refractivity contribution in [2.75, 3.05) is 6.61 Å². The minimum atomic E-state index is -0.584. The Bertz CT molecular complexity index is 404. The summed E-state index contributed by atoms with van der Waals surface area (Å²) in [5, 5.41) is 0.252. The number of hydrogen-bond acceptors (Lipinski definition) is 2. The lowest BCUT2D eigenvalue weighted by atomic mass is 9.97. The molecule has 2 nitrogen and oxygen atoms in total. The van der Waals surface area contributed by atoms with Crippen molar-refractivity contribution in [3.05, 3.63) is 34.6 Å². The summed E-state index contributed by atoms with van der Waals surface area (Å²) in [5.41, 5.74) is 0.179. The van der Waals surface area contributed by atoms with Crippen LogP contribution < -0.4 is 0 Å². The van der Waals surface area contributed by atoms with Gasteiger partial charge in [-0.3, -0.25) is 4.79 Å². The first kappa shape index (κ1) is 14.1. The van der Waals surface area contributed by atoms with Gasteiger partial charge in [-0.05, 0) is 31.0 Å². The van der Waals surface area contributed by atoms with Gasteiger partial charge in [0.05, 0.1) is 5.02 Å². The Morgan fingerprint density at radius 3 is 2.65 bits per heavy atom. The van der Waals surface area contributed by atoms with Crippen molar-refractivity contribution >= 4 is 17.4 Å². The fourth-order valence-electron chi connectivity index (χ4n) is 1.59. The van der Waals surface area contributed by atoms with Crippen molar-refractivity contribution in [1.29, 1.82) is 0 Å². The van der Waals surface area contributed by atoms with E-state index in [4.69, 9.17) is 16.3 Å². The van der Waals surface area contributed by atoms with Gasteiger partial charge >= 0.3 is 0 Å². The topological polar surface area (TPSA) is 26.3 Å². The lowest BCUT2D eigenvalue weighted by Gasteiger charge is -2.20. The van der Waals surface area contributed by atoms with Gasteiger partial charge in [-0.25, -0.2) is 4.39 Å². The van der Waals surface area contributed by atoms with Crippen LogP contribution in [0.1, 0.15) is 31.1 Å². The van der Waals surface area contributed by atoms with E-state index in [0.29, 0.717) is 6.61 Å². The average molecular weight is 259 g/mol. The number of carbonyl (C=O) groups excluding carboxylic acids is 1. The fourth-order valence-corrected chi connectivity index (χ4v) is 1.80. The molecule has 0 aliphatic carbocycles. The Morgan fingerprint density at radius 2 is 2.12 bits per heavy atom. The van der Waals surface area contributed by atoms with Crippen LogP contribution in [0.5, 0.6) is 0 Å². The third-order valence-electron chi connectivity index (χ3n) is 2.40. The second-order valence-corrected chi connectivity index (χ2v) is 4.52. The van der Waals surface area contributed by atoms with Crippen molar-refractivity contribution in [1.82, 2.24) is 0 Å². The molecule has 0 saturated heterocycles. The molecule has 0 fully saturated rings. The maximum Gasteiger partial charge on any atom is 0.193 e. The zero-order valence-corrected chi connectivity index (χ0v) is 10.9. The maximum atomic E-state index is 13.1. The summed E-state index contributed by atoms with van der Waals surface area (Å²) in [5.74, 6) is -0.732. The molecule has 0 heterocycles. The van der Waals surface area contributed by atoms with Gasteiger partial charge in [-0.2, -0.15) is 0 Å². The number of carbonyl (C=O) groups is 1. The molecule has 1 unspecified atom stereocenters. The summed E-state index contributed by atoms with van der Waals surface area (Å²) < 4.78 is 18.5. The van der Waals surface area contributed by atoms with Gasteiger partial charge in [0.1, 0.15) is 11.9 Å². The SMILES string of the molecule is CCOC(C(=O)c1cc(F)ccc1Cl)C(C)C. The van der Waals surface area contributed by atoms with Crippen LogP contribution in [0.3, 0.4) is 0 Å². The molecule has 94 valence electrons. The highest BCUT2D eigenvalue weighted by atomic mass is 35.5. The number of ether oxygens (including phenoxy) is 1. The van der Waals surface area contributed by atoms with Gasteiger partial charge in [-0.15, -0.1) is 0 Å². The van der Waals surface area contributed by atoms with Gasteiger partial charge < -0.3 is 4.74 Å². The Balaban J connectivity index is 3.04. The standard InChI is InChI=1S/C13H16ClFO2/c1-4-17-13(8(2)3)12(16)10-7-9(15)5-6-11(10)14/h5-8,13H,4H2,1-3H3. The first-order chi connectivity index (χ1) is 7.97. The van der Waals surface area contributed by atoms with E-state index in [1.54, 1.807) is 0 Å². The van der Waals surface area contributed by atoms with Crippen molar-refractivity contribution in [2.24, 2.45) is 5.92 Å². The van der Waals surface area contributed by atoms with E-state index < -0.39 is 11.9 Å². The van der Waals surface area contributed by atoms with Crippen LogP contribution in [0.15, 0.2) is 18.2 Å². The molecule has 0 saturated carbocycles. The summed E-state index contributed by atoms with van der Waals surface area (Å²) in [4.78, 5) is 12.2. The molecule has 0 aliphatic heterocycles. The molecular formula is C13H16ClFO2. The van der Waals surface area contributed by atoms with Crippen molar-refractivity contribution in [2.45, 2.75) is 26.9 Å². The molecular weight excluding hydrogens is 243 g/mol. The molecule has 4 heteroatoms. The van der Waals surface area contributed by atoms with E-state index in [1.807, 2.05) is 20.8 Å². The van der Waals surface area contributed by atoms with Gasteiger partial charge in [0, 0.05) is 12.2 Å². The lowest BCUT2D eigenvalue weighted by Crippen LogP contribution is -2.30. The smallest absolute Gasteiger partial charge is 0.193 e. The molecule has 1 rings (SSSR count). The summed E-state index contributed by atoms with van der Waals surface area (Å²) in [6.45, 7) is 6.01. The van der Waals surface area contributed by atoms with E-state index in [1.165, 1.54) is 12.1 Å². The zero-order chi connectivity index (χ0) is 13.0. The zero-order valence-electron chi connectivity index (χ0n) is 10.2. The second kappa shape index (κ2) is 6.12. The number of benzene rings is 1. The summed E-state index contributed by atoms with van der Waals surface area (Å²) in [6, 6.07) is 3.76. The Kier molecular flexibility index (Phi) is 5.09. The Hall–Kier alpha value is -0.930. The monoisotopic (exact) mass is 258 g/mol. The molecule has 0 amide bonds. The number of hydrogen-bond donors (Lipinski definition) is 0. The van der Waals surface area contributed by atoms with Crippen LogP contribution in [-0.2, 0) is 4.74 Å². The van der Waals surface area contributed by atoms with Gasteiger partial charge in [0.15, 0.2) is 5.78 Å². The van der Waals surface area contributed by atoms with Crippen LogP contribution in [0.4, 0.5) is 4.39 Å². The quantitative estimate of drug-likeness (QED) is 0.753. The first-order valence-corrected chi connectivity index (χ1v) is 5.96. The van der Waals surface area contributed by atoms with Gasteiger partial charge in [0.2, 0.25) is 0 Å². The van der Waals surface area contributed by atoms with Crippen LogP contribution in [0.25, 0.3) is 0 Å². The average Bonchev–Trinajstić information content (AvgIpc) is 2.28. The van der Waals surface area contributed by atoms with Crippen LogP contribution >= 0.6 is 11.6 Å². The summed E-state index contributed by atoms with van der Waals surface area (Å²) in [6.07, 6.45) is -0.584. The highest BCUT2D eigenvalue weighted by Crippen LogP contribution is 2.22. The number of halogens is 2. The minimum absolute atomic E-state index is 0.0155. The summed E-state index contributed by atoms with van der Waals surface area (Å²) >= 11 is 5.90. The number of rotatable bonds is 5. The maximum absolute atomic E-state index is 13.1. The van der Waals surface area contributed by atoms with Crippen molar-refractivity contribution in [3.63, 3.8) is 0 Å². The van der Waals surface area contributed by atoms with Gasteiger partial charge in [0.25, 0.3) is 0 Å². The molecule has 0 aromatic heterocycles. The van der Waals surface area contributed by atoms with Crippen LogP contribution in [0.2, 0.25) is 5.02 Å². The molecule has 0 radical (unpaired) electrons. The molecule has 0 spiro atoms. The van der Waals surface area contributed by atoms with Crippen molar-refractivity contribution < 1.29 is 13.9 Å². The molecule has 17 heavy (non-hydrogen) atoms. The number of Topliss-reactive ketones (excluding diaryl/α,β-unsaturated/α-hetero) is 1. The predicted octanol–water partition coefficient (Wildman–Crippen LogP) is 3.72. The number of ketones is 1. The molecule has 1 atom stereocenters.